The normalized spacial score (nSPS) is 12.9. The Labute approximate surface area is 231 Å². The van der Waals surface area contributed by atoms with Gasteiger partial charge in [-0.3, -0.25) is 4.79 Å². The maximum Gasteiger partial charge on any atom is 0.317 e. The number of para-hydroxylation sites is 1. The van der Waals surface area contributed by atoms with E-state index in [2.05, 4.69) is 20.8 Å². The van der Waals surface area contributed by atoms with Crippen molar-refractivity contribution in [1.82, 2.24) is 0 Å². The molecule has 0 N–H and O–H groups in total. The molecule has 0 saturated heterocycles. The zero-order valence-electron chi connectivity index (χ0n) is 25.2. The van der Waals surface area contributed by atoms with Gasteiger partial charge in [-0.05, 0) is 31.9 Å². The maximum absolute atomic E-state index is 13.2. The fourth-order valence-corrected chi connectivity index (χ4v) is 5.41. The van der Waals surface area contributed by atoms with Gasteiger partial charge >= 0.3 is 5.97 Å². The van der Waals surface area contributed by atoms with Crippen LogP contribution in [-0.4, -0.2) is 5.97 Å². The standard InChI is InChI=1S/C35H62O2/c1-4-6-8-10-12-14-16-17-19-21-23-28-32-35(3,34(36)37-33-29-25-24-26-30-33)31-27-22-20-18-15-13-11-9-7-5-2/h24-26,29-30H,4-23,27-28,31-32H2,1-3H3. The van der Waals surface area contributed by atoms with Crippen LogP contribution in [0.3, 0.4) is 0 Å². The van der Waals surface area contributed by atoms with Gasteiger partial charge in [0.05, 0.1) is 5.41 Å². The Bertz CT molecular complexity index is 625. The van der Waals surface area contributed by atoms with Gasteiger partial charge in [0.25, 0.3) is 0 Å². The number of esters is 1. The van der Waals surface area contributed by atoms with Crippen LogP contribution < -0.4 is 4.74 Å². The van der Waals surface area contributed by atoms with Crippen molar-refractivity contribution in [3.63, 3.8) is 0 Å². The molecule has 0 aliphatic heterocycles. The fraction of sp³-hybridized carbons (Fsp3) is 0.800. The molecule has 0 fully saturated rings. The predicted molar refractivity (Wildman–Crippen MR) is 162 cm³/mol. The summed E-state index contributed by atoms with van der Waals surface area (Å²) in [5.74, 6) is 0.647. The minimum absolute atomic E-state index is 0.0299. The molecule has 0 spiro atoms. The van der Waals surface area contributed by atoms with E-state index in [0.717, 1.165) is 25.7 Å². The molecule has 1 aromatic carbocycles. The van der Waals surface area contributed by atoms with E-state index in [9.17, 15) is 4.79 Å². The molecule has 214 valence electrons. The van der Waals surface area contributed by atoms with Crippen molar-refractivity contribution in [2.45, 2.75) is 175 Å². The Morgan fingerprint density at radius 2 is 0.865 bits per heavy atom. The summed E-state index contributed by atoms with van der Waals surface area (Å²) >= 11 is 0. The first-order valence-corrected chi connectivity index (χ1v) is 16.4. The van der Waals surface area contributed by atoms with Crippen molar-refractivity contribution in [2.75, 3.05) is 0 Å². The third-order valence-electron chi connectivity index (χ3n) is 8.11. The summed E-state index contributed by atoms with van der Waals surface area (Å²) in [6.07, 6.45) is 31.4. The lowest BCUT2D eigenvalue weighted by Gasteiger charge is -2.27. The molecule has 1 unspecified atom stereocenters. The largest absolute Gasteiger partial charge is 0.426 e. The first kappa shape index (κ1) is 33.7. The summed E-state index contributed by atoms with van der Waals surface area (Å²) in [5, 5.41) is 0. The van der Waals surface area contributed by atoms with E-state index in [4.69, 9.17) is 4.74 Å². The molecule has 0 aromatic heterocycles. The molecular weight excluding hydrogens is 452 g/mol. The maximum atomic E-state index is 13.2. The number of hydrogen-bond acceptors (Lipinski definition) is 2. The summed E-state index contributed by atoms with van der Waals surface area (Å²) in [7, 11) is 0. The molecule has 1 aromatic rings. The molecule has 0 radical (unpaired) electrons. The second-order valence-electron chi connectivity index (χ2n) is 11.8. The van der Waals surface area contributed by atoms with Crippen molar-refractivity contribution in [1.29, 1.82) is 0 Å². The lowest BCUT2D eigenvalue weighted by molar-refractivity contribution is -0.146. The molecule has 0 heterocycles. The average Bonchev–Trinajstić information content (AvgIpc) is 2.91. The third-order valence-corrected chi connectivity index (χ3v) is 8.11. The fourth-order valence-electron chi connectivity index (χ4n) is 5.41. The summed E-state index contributed by atoms with van der Waals surface area (Å²) in [6, 6.07) is 9.62. The van der Waals surface area contributed by atoms with E-state index in [1.54, 1.807) is 0 Å². The van der Waals surface area contributed by atoms with Crippen molar-refractivity contribution < 1.29 is 9.53 Å². The highest BCUT2D eigenvalue weighted by Gasteiger charge is 2.34. The first-order chi connectivity index (χ1) is 18.1. The van der Waals surface area contributed by atoms with Gasteiger partial charge in [-0.1, -0.05) is 173 Å². The second-order valence-corrected chi connectivity index (χ2v) is 11.8. The minimum atomic E-state index is -0.367. The van der Waals surface area contributed by atoms with Crippen LogP contribution >= 0.6 is 0 Å². The Morgan fingerprint density at radius 1 is 0.541 bits per heavy atom. The van der Waals surface area contributed by atoms with Crippen LogP contribution in [0.2, 0.25) is 0 Å². The molecule has 2 heteroatoms. The van der Waals surface area contributed by atoms with E-state index in [1.807, 2.05) is 30.3 Å². The van der Waals surface area contributed by atoms with E-state index >= 15 is 0 Å². The molecule has 1 rings (SSSR count). The number of benzene rings is 1. The van der Waals surface area contributed by atoms with Gasteiger partial charge in [0.2, 0.25) is 0 Å². The van der Waals surface area contributed by atoms with Gasteiger partial charge in [0, 0.05) is 0 Å². The van der Waals surface area contributed by atoms with Gasteiger partial charge in [-0.15, -0.1) is 0 Å². The number of carbonyl (C=O) groups excluding carboxylic acids is 1. The van der Waals surface area contributed by atoms with Crippen molar-refractivity contribution in [3.05, 3.63) is 30.3 Å². The van der Waals surface area contributed by atoms with E-state index < -0.39 is 0 Å². The zero-order valence-corrected chi connectivity index (χ0v) is 25.2. The molecule has 2 nitrogen and oxygen atoms in total. The van der Waals surface area contributed by atoms with E-state index in [1.165, 1.54) is 128 Å². The SMILES string of the molecule is CCCCCCCCCCCCCCC(C)(CCCCCCCCCCCC)C(=O)Oc1ccccc1. The summed E-state index contributed by atoms with van der Waals surface area (Å²) in [5.41, 5.74) is -0.367. The minimum Gasteiger partial charge on any atom is -0.426 e. The van der Waals surface area contributed by atoms with Crippen LogP contribution in [0.1, 0.15) is 175 Å². The van der Waals surface area contributed by atoms with Crippen molar-refractivity contribution in [3.8, 4) is 5.75 Å². The molecule has 0 aliphatic carbocycles. The summed E-state index contributed by atoms with van der Waals surface area (Å²) in [6.45, 7) is 6.72. The molecule has 0 bridgehead atoms. The van der Waals surface area contributed by atoms with E-state index in [0.29, 0.717) is 5.75 Å². The Balaban J connectivity index is 2.29. The third kappa shape index (κ3) is 18.6. The highest BCUT2D eigenvalue weighted by molar-refractivity contribution is 5.78. The van der Waals surface area contributed by atoms with Gasteiger partial charge in [0.1, 0.15) is 5.75 Å². The van der Waals surface area contributed by atoms with Gasteiger partial charge in [-0.25, -0.2) is 0 Å². The predicted octanol–water partition coefficient (Wildman–Crippen LogP) is 12.0. The molecule has 1 atom stereocenters. The molecular formula is C35H62O2. The average molecular weight is 515 g/mol. The molecule has 37 heavy (non-hydrogen) atoms. The topological polar surface area (TPSA) is 26.3 Å². The second kappa shape index (κ2) is 23.8. The van der Waals surface area contributed by atoms with Crippen LogP contribution in [0, 0.1) is 5.41 Å². The van der Waals surface area contributed by atoms with Crippen LogP contribution in [0.4, 0.5) is 0 Å². The number of unbranched alkanes of at least 4 members (excludes halogenated alkanes) is 20. The monoisotopic (exact) mass is 514 g/mol. The van der Waals surface area contributed by atoms with Crippen LogP contribution in [-0.2, 0) is 4.79 Å². The van der Waals surface area contributed by atoms with Crippen molar-refractivity contribution >= 4 is 5.97 Å². The summed E-state index contributed by atoms with van der Waals surface area (Å²) < 4.78 is 5.84. The van der Waals surface area contributed by atoms with Gasteiger partial charge in [0.15, 0.2) is 0 Å². The lowest BCUT2D eigenvalue weighted by atomic mass is 9.79. The van der Waals surface area contributed by atoms with Crippen molar-refractivity contribution in [2.24, 2.45) is 5.41 Å². The highest BCUT2D eigenvalue weighted by Crippen LogP contribution is 2.34. The zero-order chi connectivity index (χ0) is 26.9. The number of ether oxygens (including phenoxy) is 1. The smallest absolute Gasteiger partial charge is 0.317 e. The highest BCUT2D eigenvalue weighted by atomic mass is 16.5. The lowest BCUT2D eigenvalue weighted by Crippen LogP contribution is -2.32. The number of rotatable bonds is 26. The number of carbonyl (C=O) groups is 1. The first-order valence-electron chi connectivity index (χ1n) is 16.4. The Hall–Kier alpha value is -1.31. The van der Waals surface area contributed by atoms with Crippen LogP contribution in [0.5, 0.6) is 5.75 Å². The van der Waals surface area contributed by atoms with Crippen LogP contribution in [0.15, 0.2) is 30.3 Å². The number of hydrogen-bond donors (Lipinski definition) is 0. The summed E-state index contributed by atoms with van der Waals surface area (Å²) in [4.78, 5) is 13.2. The van der Waals surface area contributed by atoms with E-state index in [-0.39, 0.29) is 11.4 Å². The Kier molecular flexibility index (Phi) is 21.7. The molecule has 0 amide bonds. The van der Waals surface area contributed by atoms with Gasteiger partial charge in [-0.2, -0.15) is 0 Å². The van der Waals surface area contributed by atoms with Crippen LogP contribution in [0.25, 0.3) is 0 Å². The Morgan fingerprint density at radius 3 is 1.22 bits per heavy atom. The molecule has 0 aliphatic rings. The molecule has 0 saturated carbocycles. The van der Waals surface area contributed by atoms with Gasteiger partial charge < -0.3 is 4.74 Å². The quantitative estimate of drug-likeness (QED) is 0.0698.